The molecule has 144 valence electrons. The number of pyridine rings is 1. The highest BCUT2D eigenvalue weighted by Crippen LogP contribution is 2.46. The molecule has 0 aromatic carbocycles. The van der Waals surface area contributed by atoms with Gasteiger partial charge in [0.1, 0.15) is 11.4 Å². The molecule has 1 N–H and O–H groups in total. The molecule has 0 bridgehead atoms. The molecule has 1 fully saturated rings. The largest absolute Gasteiger partial charge is 0.478 e. The Balaban J connectivity index is 2.08. The maximum atomic E-state index is 13.9. The van der Waals surface area contributed by atoms with E-state index in [0.717, 1.165) is 24.1 Å². The monoisotopic (exact) mass is 366 g/mol. The van der Waals surface area contributed by atoms with E-state index in [1.54, 1.807) is 11.0 Å². The average Bonchev–Trinajstić information content (AvgIpc) is 2.46. The van der Waals surface area contributed by atoms with E-state index in [2.05, 4.69) is 27.7 Å². The molecule has 0 amide bonds. The number of halogens is 2. The van der Waals surface area contributed by atoms with Crippen molar-refractivity contribution >= 4 is 11.8 Å². The molecule has 4 nitrogen and oxygen atoms in total. The minimum absolute atomic E-state index is 0.0632. The first-order valence-corrected chi connectivity index (χ1v) is 9.23. The summed E-state index contributed by atoms with van der Waals surface area (Å²) in [5.41, 5.74) is 1.88. The summed E-state index contributed by atoms with van der Waals surface area (Å²) >= 11 is 0. The molecule has 1 aliphatic carbocycles. The summed E-state index contributed by atoms with van der Waals surface area (Å²) < 4.78 is 27.7. The number of hydrogen-bond acceptors (Lipinski definition) is 3. The topological polar surface area (TPSA) is 53.4 Å². The van der Waals surface area contributed by atoms with Crippen molar-refractivity contribution in [2.75, 3.05) is 18.0 Å². The maximum Gasteiger partial charge on any atom is 0.339 e. The van der Waals surface area contributed by atoms with Crippen LogP contribution in [0, 0.1) is 11.3 Å². The molecule has 26 heavy (non-hydrogen) atoms. The van der Waals surface area contributed by atoms with E-state index in [4.69, 9.17) is 4.98 Å². The van der Waals surface area contributed by atoms with Crippen LogP contribution in [-0.2, 0) is 11.8 Å². The normalized spacial score (nSPS) is 26.3. The molecule has 2 heterocycles. The lowest BCUT2D eigenvalue weighted by atomic mass is 9.64. The second-order valence-corrected chi connectivity index (χ2v) is 9.42. The fraction of sp³-hybridized carbons (Fsp3) is 0.700. The molecule has 1 aromatic heterocycles. The SMILES string of the molecule is CC1CN(c2nc3c(cc2C(=O)O)C(C)(C)CC(C)(C)C3)CCC1(F)F. The van der Waals surface area contributed by atoms with Crippen molar-refractivity contribution in [1.82, 2.24) is 4.98 Å². The maximum absolute atomic E-state index is 13.9. The Morgan fingerprint density at radius 3 is 2.54 bits per heavy atom. The van der Waals surface area contributed by atoms with Crippen LogP contribution >= 0.6 is 0 Å². The highest BCUT2D eigenvalue weighted by atomic mass is 19.3. The Bertz CT molecular complexity index is 744. The Kier molecular flexibility index (Phi) is 4.32. The number of fused-ring (bicyclic) bond motifs is 1. The van der Waals surface area contributed by atoms with Crippen molar-refractivity contribution in [3.8, 4) is 0 Å². The zero-order valence-corrected chi connectivity index (χ0v) is 16.2. The molecular formula is C20H28F2N2O2. The quantitative estimate of drug-likeness (QED) is 0.837. The van der Waals surface area contributed by atoms with E-state index in [1.807, 2.05) is 0 Å². The second-order valence-electron chi connectivity index (χ2n) is 9.42. The molecule has 6 heteroatoms. The van der Waals surface area contributed by atoms with E-state index in [9.17, 15) is 18.7 Å². The van der Waals surface area contributed by atoms with Crippen LogP contribution in [0.5, 0.6) is 0 Å². The molecule has 1 saturated heterocycles. The van der Waals surface area contributed by atoms with Crippen LogP contribution in [0.2, 0.25) is 0 Å². The molecule has 3 rings (SSSR count). The van der Waals surface area contributed by atoms with Crippen molar-refractivity contribution < 1.29 is 18.7 Å². The first-order valence-electron chi connectivity index (χ1n) is 9.23. The van der Waals surface area contributed by atoms with Gasteiger partial charge < -0.3 is 10.0 Å². The van der Waals surface area contributed by atoms with Crippen LogP contribution in [0.1, 0.15) is 69.1 Å². The fourth-order valence-corrected chi connectivity index (χ4v) is 4.75. The van der Waals surface area contributed by atoms with E-state index in [1.165, 1.54) is 6.92 Å². The van der Waals surface area contributed by atoms with E-state index in [-0.39, 0.29) is 35.9 Å². The number of aromatic carboxylic acids is 1. The van der Waals surface area contributed by atoms with Gasteiger partial charge in [-0.3, -0.25) is 0 Å². The van der Waals surface area contributed by atoms with Crippen molar-refractivity contribution in [1.29, 1.82) is 0 Å². The van der Waals surface area contributed by atoms with Gasteiger partial charge in [0.2, 0.25) is 0 Å². The molecule has 1 atom stereocenters. The Morgan fingerprint density at radius 1 is 1.31 bits per heavy atom. The van der Waals surface area contributed by atoms with Crippen LogP contribution in [0.3, 0.4) is 0 Å². The van der Waals surface area contributed by atoms with Crippen LogP contribution in [0.25, 0.3) is 0 Å². The number of nitrogens with zero attached hydrogens (tertiary/aromatic N) is 2. The van der Waals surface area contributed by atoms with Crippen LogP contribution in [-0.4, -0.2) is 35.1 Å². The second kappa shape index (κ2) is 5.89. The molecule has 1 unspecified atom stereocenters. The summed E-state index contributed by atoms with van der Waals surface area (Å²) in [7, 11) is 0. The third-order valence-corrected chi connectivity index (χ3v) is 5.84. The summed E-state index contributed by atoms with van der Waals surface area (Å²) in [4.78, 5) is 18.3. The molecule has 1 aromatic rings. The molecule has 0 spiro atoms. The molecule has 0 radical (unpaired) electrons. The Morgan fingerprint density at radius 2 is 1.96 bits per heavy atom. The van der Waals surface area contributed by atoms with Gasteiger partial charge in [-0.05, 0) is 35.3 Å². The van der Waals surface area contributed by atoms with Gasteiger partial charge in [0.05, 0.1) is 0 Å². The zero-order chi connectivity index (χ0) is 19.5. The van der Waals surface area contributed by atoms with E-state index in [0.29, 0.717) is 5.82 Å². The predicted octanol–water partition coefficient (Wildman–Crippen LogP) is 4.51. The molecule has 1 aliphatic heterocycles. The van der Waals surface area contributed by atoms with Gasteiger partial charge >= 0.3 is 5.97 Å². The lowest BCUT2D eigenvalue weighted by Crippen LogP contribution is -2.47. The first-order chi connectivity index (χ1) is 11.8. The van der Waals surface area contributed by atoms with Crippen molar-refractivity contribution in [2.24, 2.45) is 11.3 Å². The van der Waals surface area contributed by atoms with Crippen molar-refractivity contribution in [3.05, 3.63) is 22.9 Å². The summed E-state index contributed by atoms with van der Waals surface area (Å²) in [6.45, 7) is 10.4. The van der Waals surface area contributed by atoms with Crippen LogP contribution in [0.15, 0.2) is 6.07 Å². The molecular weight excluding hydrogens is 338 g/mol. The summed E-state index contributed by atoms with van der Waals surface area (Å²) in [6, 6.07) is 1.73. The van der Waals surface area contributed by atoms with Gasteiger partial charge in [-0.1, -0.05) is 34.6 Å². The van der Waals surface area contributed by atoms with Crippen molar-refractivity contribution in [2.45, 2.75) is 65.2 Å². The lowest BCUT2D eigenvalue weighted by Gasteiger charge is -2.43. The minimum atomic E-state index is -2.71. The van der Waals surface area contributed by atoms with Crippen LogP contribution < -0.4 is 4.90 Å². The summed E-state index contributed by atoms with van der Waals surface area (Å²) in [5, 5.41) is 9.72. The number of rotatable bonds is 2. The first kappa shape index (κ1) is 19.1. The van der Waals surface area contributed by atoms with E-state index >= 15 is 0 Å². The standard InChI is InChI=1S/C20H28F2N2O2/c1-12-10-24(7-6-20(12,21)22)16-13(17(25)26)8-14-15(23-16)9-18(2,3)11-19(14,4)5/h8,12H,6-7,9-11H2,1-5H3,(H,25,26). The third kappa shape index (κ3) is 3.30. The number of piperidine rings is 1. The number of carbonyl (C=O) groups is 1. The zero-order valence-electron chi connectivity index (χ0n) is 16.2. The number of carboxylic acid groups (broad SMARTS) is 1. The summed E-state index contributed by atoms with van der Waals surface area (Å²) in [6.07, 6.45) is 1.43. The molecule has 2 aliphatic rings. The predicted molar refractivity (Wildman–Crippen MR) is 97.3 cm³/mol. The summed E-state index contributed by atoms with van der Waals surface area (Å²) in [5.74, 6) is -4.26. The van der Waals surface area contributed by atoms with Gasteiger partial charge in [-0.2, -0.15) is 0 Å². The van der Waals surface area contributed by atoms with Crippen molar-refractivity contribution in [3.63, 3.8) is 0 Å². The van der Waals surface area contributed by atoms with E-state index < -0.39 is 17.8 Å². The number of alkyl halides is 2. The Hall–Kier alpha value is -1.72. The number of hydrogen-bond donors (Lipinski definition) is 1. The lowest BCUT2D eigenvalue weighted by molar-refractivity contribution is -0.0652. The van der Waals surface area contributed by atoms with Crippen LogP contribution in [0.4, 0.5) is 14.6 Å². The number of anilines is 1. The average molecular weight is 366 g/mol. The molecule has 0 saturated carbocycles. The highest BCUT2D eigenvalue weighted by molar-refractivity contribution is 5.94. The minimum Gasteiger partial charge on any atom is -0.478 e. The third-order valence-electron chi connectivity index (χ3n) is 5.84. The van der Waals surface area contributed by atoms with Gasteiger partial charge in [-0.25, -0.2) is 18.6 Å². The smallest absolute Gasteiger partial charge is 0.339 e. The van der Waals surface area contributed by atoms with Gasteiger partial charge in [0, 0.05) is 31.1 Å². The van der Waals surface area contributed by atoms with Gasteiger partial charge in [-0.15, -0.1) is 0 Å². The van der Waals surface area contributed by atoms with Gasteiger partial charge in [0.15, 0.2) is 0 Å². The van der Waals surface area contributed by atoms with Gasteiger partial charge in [0.25, 0.3) is 5.92 Å². The fourth-order valence-electron chi connectivity index (χ4n) is 4.75. The number of carboxylic acids is 1. The number of aromatic nitrogens is 1. The Labute approximate surface area is 153 Å². The highest BCUT2D eigenvalue weighted by Gasteiger charge is 2.43.